The summed E-state index contributed by atoms with van der Waals surface area (Å²) < 4.78 is 5.41. The minimum atomic E-state index is -1.22. The summed E-state index contributed by atoms with van der Waals surface area (Å²) in [6.45, 7) is 4.13. The summed E-state index contributed by atoms with van der Waals surface area (Å²) in [7, 11) is 0. The number of benzene rings is 2. The third-order valence-electron chi connectivity index (χ3n) is 3.74. The summed E-state index contributed by atoms with van der Waals surface area (Å²) in [5.41, 5.74) is 1.91. The van der Waals surface area contributed by atoms with E-state index in [1.165, 1.54) is 0 Å². The lowest BCUT2D eigenvalue weighted by molar-refractivity contribution is -0.129. The molecule has 0 aliphatic heterocycles. The number of carbonyl (C=O) groups excluding carboxylic acids is 3. The number of urea groups is 1. The minimum absolute atomic E-state index is 0.342. The van der Waals surface area contributed by atoms with Gasteiger partial charge in [0, 0.05) is 12.1 Å². The van der Waals surface area contributed by atoms with Gasteiger partial charge >= 0.3 is 12.0 Å². The van der Waals surface area contributed by atoms with Gasteiger partial charge in [-0.3, -0.25) is 10.1 Å². The number of ether oxygens (including phenoxy) is 1. The van der Waals surface area contributed by atoms with Crippen LogP contribution in [0.2, 0.25) is 0 Å². The second kappa shape index (κ2) is 9.36. The van der Waals surface area contributed by atoms with E-state index in [1.807, 2.05) is 19.1 Å². The summed E-state index contributed by atoms with van der Waals surface area (Å²) in [6, 6.07) is 14.9. The highest BCUT2D eigenvalue weighted by molar-refractivity contribution is 5.99. The molecule has 136 valence electrons. The van der Waals surface area contributed by atoms with Crippen molar-refractivity contribution in [2.24, 2.45) is 0 Å². The summed E-state index contributed by atoms with van der Waals surface area (Å²) in [5.74, 6) is -1.34. The fourth-order valence-corrected chi connectivity index (χ4v) is 2.33. The molecule has 2 N–H and O–H groups in total. The van der Waals surface area contributed by atoms with Crippen molar-refractivity contribution in [1.29, 1.82) is 0 Å². The second-order valence-electron chi connectivity index (χ2n) is 5.60. The molecule has 0 fully saturated rings. The van der Waals surface area contributed by atoms with Gasteiger partial charge in [0.25, 0.3) is 5.91 Å². The van der Waals surface area contributed by atoms with Crippen molar-refractivity contribution in [3.63, 3.8) is 0 Å². The average Bonchev–Trinajstić information content (AvgIpc) is 2.66. The lowest BCUT2D eigenvalue weighted by Crippen LogP contribution is -2.42. The molecule has 0 heterocycles. The Hall–Kier alpha value is -3.15. The Kier molecular flexibility index (Phi) is 6.91. The zero-order valence-corrected chi connectivity index (χ0v) is 14.8. The Morgan fingerprint density at radius 2 is 1.62 bits per heavy atom. The molecule has 6 nitrogen and oxygen atoms in total. The quantitative estimate of drug-likeness (QED) is 0.781. The molecule has 3 amide bonds. The molecule has 0 aliphatic carbocycles. The highest BCUT2D eigenvalue weighted by Gasteiger charge is 2.27. The second-order valence-corrected chi connectivity index (χ2v) is 5.60. The molecule has 0 aromatic heterocycles. The monoisotopic (exact) mass is 354 g/mol. The van der Waals surface area contributed by atoms with Gasteiger partial charge in [-0.2, -0.15) is 0 Å². The number of hydrogen-bond acceptors (Lipinski definition) is 4. The van der Waals surface area contributed by atoms with Gasteiger partial charge < -0.3 is 10.1 Å². The number of esters is 1. The molecular formula is C20H22N2O4. The molecule has 2 rings (SSSR count). The van der Waals surface area contributed by atoms with Crippen molar-refractivity contribution in [1.82, 2.24) is 10.6 Å². The number of aryl methyl sites for hydroxylation is 1. The fraction of sp³-hybridized carbons (Fsp3) is 0.250. The molecule has 0 saturated carbocycles. The number of carbonyl (C=O) groups is 3. The first-order valence-electron chi connectivity index (χ1n) is 8.48. The van der Waals surface area contributed by atoms with Crippen LogP contribution in [0, 0.1) is 0 Å². The van der Waals surface area contributed by atoms with Gasteiger partial charge in [0.1, 0.15) is 0 Å². The highest BCUT2D eigenvalue weighted by atomic mass is 16.5. The van der Waals surface area contributed by atoms with E-state index < -0.39 is 24.0 Å². The number of rotatable bonds is 6. The molecule has 6 heteroatoms. The molecule has 26 heavy (non-hydrogen) atoms. The van der Waals surface area contributed by atoms with Crippen LogP contribution < -0.4 is 10.6 Å². The predicted octanol–water partition coefficient (Wildman–Crippen LogP) is 2.99. The van der Waals surface area contributed by atoms with Gasteiger partial charge in [-0.05, 0) is 31.0 Å². The van der Waals surface area contributed by atoms with Gasteiger partial charge in [-0.25, -0.2) is 9.59 Å². The standard InChI is InChI=1S/C20H22N2O4/c1-3-14-10-12-16(13-11-14)19(24)26-17(15-8-6-5-7-9-15)18(23)22-20(25)21-4-2/h5-13,17H,3-4H2,1-2H3,(H2,21,22,23,25)/t17-/m0/s1. The van der Waals surface area contributed by atoms with Crippen LogP contribution in [-0.4, -0.2) is 24.5 Å². The van der Waals surface area contributed by atoms with E-state index in [0.717, 1.165) is 12.0 Å². The van der Waals surface area contributed by atoms with E-state index in [2.05, 4.69) is 10.6 Å². The van der Waals surface area contributed by atoms with Crippen LogP contribution >= 0.6 is 0 Å². The Morgan fingerprint density at radius 1 is 0.962 bits per heavy atom. The molecule has 0 bridgehead atoms. The Bertz CT molecular complexity index is 757. The van der Waals surface area contributed by atoms with Crippen LogP contribution in [0.1, 0.15) is 41.4 Å². The van der Waals surface area contributed by atoms with Crippen molar-refractivity contribution >= 4 is 17.9 Å². The average molecular weight is 354 g/mol. The first-order chi connectivity index (χ1) is 12.5. The maximum atomic E-state index is 12.4. The van der Waals surface area contributed by atoms with Crippen LogP contribution in [-0.2, 0) is 16.0 Å². The first kappa shape index (κ1) is 19.2. The van der Waals surface area contributed by atoms with Crippen molar-refractivity contribution in [2.75, 3.05) is 6.54 Å². The van der Waals surface area contributed by atoms with Crippen LogP contribution in [0.15, 0.2) is 54.6 Å². The molecular weight excluding hydrogens is 332 g/mol. The number of nitrogens with one attached hydrogen (secondary N) is 2. The molecule has 2 aromatic carbocycles. The minimum Gasteiger partial charge on any atom is -0.444 e. The molecule has 0 saturated heterocycles. The molecule has 0 unspecified atom stereocenters. The Labute approximate surface area is 152 Å². The topological polar surface area (TPSA) is 84.5 Å². The molecule has 0 aliphatic rings. The summed E-state index contributed by atoms with van der Waals surface area (Å²) in [5, 5.41) is 4.66. The number of imide groups is 1. The Morgan fingerprint density at radius 3 is 2.19 bits per heavy atom. The lowest BCUT2D eigenvalue weighted by Gasteiger charge is -2.18. The number of hydrogen-bond donors (Lipinski definition) is 2. The normalized spacial score (nSPS) is 11.3. The van der Waals surface area contributed by atoms with Crippen LogP contribution in [0.4, 0.5) is 4.79 Å². The van der Waals surface area contributed by atoms with Gasteiger partial charge in [-0.15, -0.1) is 0 Å². The lowest BCUT2D eigenvalue weighted by atomic mass is 10.1. The van der Waals surface area contributed by atoms with Crippen molar-refractivity contribution in [3.05, 3.63) is 71.3 Å². The van der Waals surface area contributed by atoms with Crippen LogP contribution in [0.3, 0.4) is 0 Å². The van der Waals surface area contributed by atoms with E-state index in [9.17, 15) is 14.4 Å². The third kappa shape index (κ3) is 5.17. The SMILES string of the molecule is CCNC(=O)NC(=O)[C@@H](OC(=O)c1ccc(CC)cc1)c1ccccc1. The molecule has 0 spiro atoms. The molecule has 2 aromatic rings. The smallest absolute Gasteiger partial charge is 0.339 e. The van der Waals surface area contributed by atoms with Crippen LogP contribution in [0.25, 0.3) is 0 Å². The molecule has 1 atom stereocenters. The van der Waals surface area contributed by atoms with Gasteiger partial charge in [-0.1, -0.05) is 49.4 Å². The summed E-state index contributed by atoms with van der Waals surface area (Å²) in [4.78, 5) is 36.5. The van der Waals surface area contributed by atoms with Crippen molar-refractivity contribution in [2.45, 2.75) is 26.4 Å². The highest BCUT2D eigenvalue weighted by Crippen LogP contribution is 2.20. The van der Waals surface area contributed by atoms with E-state index >= 15 is 0 Å². The van der Waals surface area contributed by atoms with Crippen molar-refractivity contribution < 1.29 is 19.1 Å². The Balaban J connectivity index is 2.19. The zero-order valence-electron chi connectivity index (χ0n) is 14.8. The largest absolute Gasteiger partial charge is 0.444 e. The first-order valence-corrected chi connectivity index (χ1v) is 8.48. The van der Waals surface area contributed by atoms with Gasteiger partial charge in [0.05, 0.1) is 5.56 Å². The van der Waals surface area contributed by atoms with Gasteiger partial charge in [0.15, 0.2) is 0 Å². The van der Waals surface area contributed by atoms with E-state index in [-0.39, 0.29) is 0 Å². The fourth-order valence-electron chi connectivity index (χ4n) is 2.33. The summed E-state index contributed by atoms with van der Waals surface area (Å²) in [6.07, 6.45) is -0.367. The molecule has 0 radical (unpaired) electrons. The maximum Gasteiger partial charge on any atom is 0.339 e. The third-order valence-corrected chi connectivity index (χ3v) is 3.74. The number of amides is 3. The van der Waals surface area contributed by atoms with E-state index in [0.29, 0.717) is 17.7 Å². The maximum absolute atomic E-state index is 12.4. The van der Waals surface area contributed by atoms with E-state index in [4.69, 9.17) is 4.74 Å². The van der Waals surface area contributed by atoms with E-state index in [1.54, 1.807) is 49.4 Å². The van der Waals surface area contributed by atoms with Crippen LogP contribution in [0.5, 0.6) is 0 Å². The predicted molar refractivity (Wildman–Crippen MR) is 97.6 cm³/mol. The van der Waals surface area contributed by atoms with Crippen molar-refractivity contribution in [3.8, 4) is 0 Å². The van der Waals surface area contributed by atoms with Gasteiger partial charge in [0.2, 0.25) is 6.10 Å². The summed E-state index contributed by atoms with van der Waals surface area (Å²) >= 11 is 0. The zero-order chi connectivity index (χ0) is 18.9.